The van der Waals surface area contributed by atoms with Gasteiger partial charge in [-0.15, -0.1) is 0 Å². The molecule has 3 rings (SSSR count). The van der Waals surface area contributed by atoms with Crippen LogP contribution < -0.4 is 0 Å². The number of carboxylic acid groups (broad SMARTS) is 1. The number of benzene rings is 2. The van der Waals surface area contributed by atoms with Gasteiger partial charge >= 0.3 is 5.97 Å². The third kappa shape index (κ3) is 3.67. The van der Waals surface area contributed by atoms with E-state index in [0.717, 1.165) is 36.1 Å². The van der Waals surface area contributed by atoms with Crippen LogP contribution in [-0.2, 0) is 10.8 Å². The van der Waals surface area contributed by atoms with Crippen molar-refractivity contribution >= 4 is 17.4 Å². The lowest BCUT2D eigenvalue weighted by Crippen LogP contribution is -2.34. The summed E-state index contributed by atoms with van der Waals surface area (Å²) in [5, 5.41) is 20.5. The minimum Gasteiger partial charge on any atom is -0.478 e. The van der Waals surface area contributed by atoms with Gasteiger partial charge in [0.2, 0.25) is 0 Å². The van der Waals surface area contributed by atoms with E-state index in [0.29, 0.717) is 5.56 Å². The summed E-state index contributed by atoms with van der Waals surface area (Å²) in [5.41, 5.74) is 2.77. The summed E-state index contributed by atoms with van der Waals surface area (Å²) in [6.45, 7) is 10.5. The number of carbonyl (C=O) groups excluding carboxylic acids is 1. The van der Waals surface area contributed by atoms with Gasteiger partial charge in [-0.2, -0.15) is 0 Å². The predicted molar refractivity (Wildman–Crippen MR) is 110 cm³/mol. The van der Waals surface area contributed by atoms with Crippen molar-refractivity contribution < 1.29 is 19.6 Å². The molecule has 0 atom stereocenters. The van der Waals surface area contributed by atoms with Crippen molar-refractivity contribution in [2.45, 2.75) is 58.3 Å². The van der Waals surface area contributed by atoms with Crippen molar-refractivity contribution in [3.05, 3.63) is 73.8 Å². The molecule has 0 spiro atoms. The first-order valence-electron chi connectivity index (χ1n) is 9.56. The first-order valence-corrected chi connectivity index (χ1v) is 9.56. The third-order valence-electron chi connectivity index (χ3n) is 6.08. The monoisotopic (exact) mass is 395 g/mol. The number of nitro benzene ring substituents is 1. The molecule has 0 radical (unpaired) electrons. The maximum Gasteiger partial charge on any atom is 0.335 e. The number of hydrogen-bond acceptors (Lipinski definition) is 4. The number of non-ortho nitro benzene ring substituents is 1. The zero-order valence-corrected chi connectivity index (χ0v) is 17.3. The van der Waals surface area contributed by atoms with Gasteiger partial charge in [0.05, 0.1) is 10.5 Å². The third-order valence-corrected chi connectivity index (χ3v) is 6.08. The second-order valence-corrected chi connectivity index (χ2v) is 9.14. The molecule has 0 saturated carbocycles. The van der Waals surface area contributed by atoms with Gasteiger partial charge in [-0.1, -0.05) is 33.8 Å². The fraction of sp³-hybridized carbons (Fsp3) is 0.391. The molecule has 0 aliphatic heterocycles. The Kier molecular flexibility index (Phi) is 4.85. The minimum atomic E-state index is -1.31. The molecule has 0 saturated heterocycles. The summed E-state index contributed by atoms with van der Waals surface area (Å²) in [7, 11) is 0. The van der Waals surface area contributed by atoms with Gasteiger partial charge in [0.1, 0.15) is 0 Å². The quantitative estimate of drug-likeness (QED) is 0.437. The molecule has 0 fully saturated rings. The summed E-state index contributed by atoms with van der Waals surface area (Å²) in [4.78, 5) is 35.1. The van der Waals surface area contributed by atoms with E-state index in [2.05, 4.69) is 27.7 Å². The van der Waals surface area contributed by atoms with Crippen LogP contribution in [0.2, 0.25) is 0 Å². The van der Waals surface area contributed by atoms with Gasteiger partial charge in [-0.25, -0.2) is 4.79 Å². The van der Waals surface area contributed by atoms with Crippen LogP contribution in [0.5, 0.6) is 0 Å². The van der Waals surface area contributed by atoms with E-state index in [1.54, 1.807) is 0 Å². The lowest BCUT2D eigenvalue weighted by Gasteiger charge is -2.42. The van der Waals surface area contributed by atoms with Gasteiger partial charge in [0.15, 0.2) is 5.78 Å². The van der Waals surface area contributed by atoms with Crippen molar-refractivity contribution in [1.29, 1.82) is 0 Å². The molecule has 6 heteroatoms. The van der Waals surface area contributed by atoms with Gasteiger partial charge < -0.3 is 5.11 Å². The summed E-state index contributed by atoms with van der Waals surface area (Å²) in [6, 6.07) is 7.24. The van der Waals surface area contributed by atoms with Crippen LogP contribution in [0.15, 0.2) is 30.3 Å². The number of ketones is 1. The van der Waals surface area contributed by atoms with Gasteiger partial charge in [0, 0.05) is 23.3 Å². The Balaban J connectivity index is 2.19. The molecule has 1 N–H and O–H groups in total. The van der Waals surface area contributed by atoms with Crippen molar-refractivity contribution in [2.24, 2.45) is 0 Å². The Hall–Kier alpha value is -3.02. The maximum atomic E-state index is 13.3. The van der Waals surface area contributed by atoms with Crippen molar-refractivity contribution in [3.63, 3.8) is 0 Å². The SMILES string of the molecule is Cc1cc2c(cc1C(=O)c1cc(C(=O)O)cc([N+](=O)[O-])c1)C(C)(C)CCC2(C)C. The van der Waals surface area contributed by atoms with Crippen LogP contribution in [0, 0.1) is 17.0 Å². The van der Waals surface area contributed by atoms with Crippen LogP contribution in [0.25, 0.3) is 0 Å². The number of hydrogen-bond donors (Lipinski definition) is 1. The number of aromatic carboxylic acids is 1. The van der Waals surface area contributed by atoms with Crippen LogP contribution in [0.1, 0.15) is 83.5 Å². The average molecular weight is 395 g/mol. The van der Waals surface area contributed by atoms with E-state index in [4.69, 9.17) is 0 Å². The highest BCUT2D eigenvalue weighted by molar-refractivity contribution is 6.11. The zero-order chi connectivity index (χ0) is 21.7. The molecule has 0 heterocycles. The number of nitrogens with zero attached hydrogens (tertiary/aromatic N) is 1. The normalized spacial score (nSPS) is 16.7. The van der Waals surface area contributed by atoms with Crippen LogP contribution in [0.4, 0.5) is 5.69 Å². The van der Waals surface area contributed by atoms with E-state index in [1.807, 2.05) is 19.1 Å². The van der Waals surface area contributed by atoms with E-state index in [1.165, 1.54) is 11.6 Å². The molecular weight excluding hydrogens is 370 g/mol. The highest BCUT2D eigenvalue weighted by Gasteiger charge is 2.38. The molecule has 0 unspecified atom stereocenters. The molecule has 0 bridgehead atoms. The number of fused-ring (bicyclic) bond motifs is 1. The second kappa shape index (κ2) is 6.79. The van der Waals surface area contributed by atoms with E-state index < -0.39 is 22.4 Å². The lowest BCUT2D eigenvalue weighted by molar-refractivity contribution is -0.384. The Morgan fingerprint density at radius 1 is 0.931 bits per heavy atom. The number of carboxylic acids is 1. The average Bonchev–Trinajstić information content (AvgIpc) is 2.64. The van der Waals surface area contributed by atoms with Crippen LogP contribution in [0.3, 0.4) is 0 Å². The highest BCUT2D eigenvalue weighted by Crippen LogP contribution is 2.46. The summed E-state index contributed by atoms with van der Waals surface area (Å²) in [6.07, 6.45) is 2.04. The summed E-state index contributed by atoms with van der Waals surface area (Å²) >= 11 is 0. The van der Waals surface area contributed by atoms with Gasteiger partial charge in [0.25, 0.3) is 5.69 Å². The van der Waals surface area contributed by atoms with E-state index in [9.17, 15) is 24.8 Å². The smallest absolute Gasteiger partial charge is 0.335 e. The van der Waals surface area contributed by atoms with Gasteiger partial charge in [-0.05, 0) is 59.4 Å². The lowest BCUT2D eigenvalue weighted by atomic mass is 9.62. The molecule has 0 aromatic heterocycles. The second-order valence-electron chi connectivity index (χ2n) is 9.14. The molecule has 29 heavy (non-hydrogen) atoms. The molecule has 2 aromatic rings. The fourth-order valence-corrected chi connectivity index (χ4v) is 4.09. The van der Waals surface area contributed by atoms with Crippen molar-refractivity contribution in [2.75, 3.05) is 0 Å². The first-order chi connectivity index (χ1) is 13.3. The molecule has 152 valence electrons. The Morgan fingerprint density at radius 2 is 1.45 bits per heavy atom. The van der Waals surface area contributed by atoms with Gasteiger partial charge in [-0.3, -0.25) is 14.9 Å². The molecular formula is C23H25NO5. The van der Waals surface area contributed by atoms with Crippen molar-refractivity contribution in [1.82, 2.24) is 0 Å². The fourth-order valence-electron chi connectivity index (χ4n) is 4.09. The largest absolute Gasteiger partial charge is 0.478 e. The molecule has 0 amide bonds. The number of aryl methyl sites for hydroxylation is 1. The molecule has 6 nitrogen and oxygen atoms in total. The topological polar surface area (TPSA) is 97.5 Å². The highest BCUT2D eigenvalue weighted by atomic mass is 16.6. The summed E-state index contributed by atoms with van der Waals surface area (Å²) < 4.78 is 0. The van der Waals surface area contributed by atoms with Crippen LogP contribution in [-0.4, -0.2) is 21.8 Å². The molecule has 1 aliphatic rings. The zero-order valence-electron chi connectivity index (χ0n) is 17.3. The van der Waals surface area contributed by atoms with Crippen molar-refractivity contribution in [3.8, 4) is 0 Å². The Labute approximate surface area is 169 Å². The summed E-state index contributed by atoms with van der Waals surface area (Å²) in [5.74, 6) is -1.72. The number of rotatable bonds is 4. The predicted octanol–water partition coefficient (Wildman–Crippen LogP) is 5.18. The maximum absolute atomic E-state index is 13.3. The standard InChI is InChI=1S/C23H25NO5/c1-13-8-18-19(23(4,5)7-6-22(18,2)3)12-17(13)20(25)14-9-15(21(26)27)11-16(10-14)24(28)29/h8-12H,6-7H2,1-5H3,(H,26,27). The minimum absolute atomic E-state index is 0.000792. The van der Waals surface area contributed by atoms with E-state index in [-0.39, 0.29) is 22.0 Å². The number of nitro groups is 1. The number of carbonyl (C=O) groups is 2. The molecule has 2 aromatic carbocycles. The Morgan fingerprint density at radius 3 is 1.97 bits per heavy atom. The van der Waals surface area contributed by atoms with E-state index >= 15 is 0 Å². The molecule has 1 aliphatic carbocycles. The first kappa shape index (κ1) is 20.7. The van der Waals surface area contributed by atoms with Crippen LogP contribution >= 0.6 is 0 Å². The Bertz CT molecular complexity index is 1020.